The number of aromatic nitrogens is 4. The zero-order valence-electron chi connectivity index (χ0n) is 16.8. The van der Waals surface area contributed by atoms with Crippen molar-refractivity contribution < 1.29 is 5.11 Å². The summed E-state index contributed by atoms with van der Waals surface area (Å²) in [6.07, 6.45) is 7.43. The maximum atomic E-state index is 13.1. The van der Waals surface area contributed by atoms with Crippen LogP contribution >= 0.6 is 0 Å². The van der Waals surface area contributed by atoms with Gasteiger partial charge in [0.2, 0.25) is 0 Å². The Bertz CT molecular complexity index is 1200. The molecular formula is C22H25N5O3. The van der Waals surface area contributed by atoms with Gasteiger partial charge in [-0.15, -0.1) is 0 Å². The number of hydrogen-bond acceptors (Lipinski definition) is 6. The molecular weight excluding hydrogens is 382 g/mol. The van der Waals surface area contributed by atoms with Crippen LogP contribution in [0.1, 0.15) is 37.5 Å². The molecule has 1 saturated heterocycles. The van der Waals surface area contributed by atoms with Crippen LogP contribution in [0.3, 0.4) is 0 Å². The van der Waals surface area contributed by atoms with Crippen molar-refractivity contribution in [1.82, 2.24) is 19.1 Å². The van der Waals surface area contributed by atoms with Crippen molar-refractivity contribution in [2.45, 2.75) is 44.8 Å². The SMILES string of the molecule is O=c1c(N2CCCC2c2nc3ccccc3c(=O)n2CCO)nccn1CC1CC1. The zero-order chi connectivity index (χ0) is 20.7. The second-order valence-electron chi connectivity index (χ2n) is 8.17. The van der Waals surface area contributed by atoms with E-state index in [1.165, 1.54) is 12.8 Å². The highest BCUT2D eigenvalue weighted by atomic mass is 16.3. The van der Waals surface area contributed by atoms with Crippen LogP contribution in [0, 0.1) is 5.92 Å². The minimum Gasteiger partial charge on any atom is -0.395 e. The fourth-order valence-corrected chi connectivity index (χ4v) is 4.40. The molecule has 5 rings (SSSR count). The van der Waals surface area contributed by atoms with Gasteiger partial charge in [-0.2, -0.15) is 0 Å². The fourth-order valence-electron chi connectivity index (χ4n) is 4.40. The number of aliphatic hydroxyl groups excluding tert-OH is 1. The average Bonchev–Trinajstić information content (AvgIpc) is 3.45. The van der Waals surface area contributed by atoms with Crippen LogP contribution in [0.4, 0.5) is 5.82 Å². The van der Waals surface area contributed by atoms with E-state index in [1.807, 2.05) is 23.1 Å². The summed E-state index contributed by atoms with van der Waals surface area (Å²) >= 11 is 0. The van der Waals surface area contributed by atoms with Crippen LogP contribution in [0.15, 0.2) is 46.2 Å². The van der Waals surface area contributed by atoms with Crippen LogP contribution in [0.2, 0.25) is 0 Å². The van der Waals surface area contributed by atoms with Gasteiger partial charge in [-0.05, 0) is 43.7 Å². The van der Waals surface area contributed by atoms with Crippen molar-refractivity contribution in [2.24, 2.45) is 5.92 Å². The van der Waals surface area contributed by atoms with Gasteiger partial charge in [-0.1, -0.05) is 12.1 Å². The second kappa shape index (κ2) is 7.68. The molecule has 1 aliphatic heterocycles. The van der Waals surface area contributed by atoms with Crippen LogP contribution in [-0.4, -0.2) is 37.4 Å². The fraction of sp³-hybridized carbons (Fsp3) is 0.455. The van der Waals surface area contributed by atoms with E-state index in [-0.39, 0.29) is 30.3 Å². The van der Waals surface area contributed by atoms with Crippen molar-refractivity contribution in [3.63, 3.8) is 0 Å². The molecule has 1 aliphatic carbocycles. The van der Waals surface area contributed by atoms with Crippen LogP contribution < -0.4 is 16.0 Å². The Morgan fingerprint density at radius 1 is 1.10 bits per heavy atom. The number of hydrogen-bond donors (Lipinski definition) is 1. The van der Waals surface area contributed by atoms with Crippen LogP contribution in [0.5, 0.6) is 0 Å². The highest BCUT2D eigenvalue weighted by Gasteiger charge is 2.33. The summed E-state index contributed by atoms with van der Waals surface area (Å²) < 4.78 is 3.31. The smallest absolute Gasteiger partial charge is 0.293 e. The van der Waals surface area contributed by atoms with Crippen LogP contribution in [0.25, 0.3) is 10.9 Å². The first-order valence-electron chi connectivity index (χ1n) is 10.6. The van der Waals surface area contributed by atoms with Gasteiger partial charge < -0.3 is 14.6 Å². The van der Waals surface area contributed by atoms with E-state index in [0.29, 0.717) is 35.0 Å². The molecule has 1 aromatic carbocycles. The van der Waals surface area contributed by atoms with Gasteiger partial charge >= 0.3 is 0 Å². The number of anilines is 1. The largest absolute Gasteiger partial charge is 0.395 e. The third-order valence-corrected chi connectivity index (χ3v) is 6.09. The molecule has 8 heteroatoms. The number of para-hydroxylation sites is 1. The third kappa shape index (κ3) is 3.31. The van der Waals surface area contributed by atoms with Crippen molar-refractivity contribution >= 4 is 16.7 Å². The monoisotopic (exact) mass is 407 g/mol. The van der Waals surface area contributed by atoms with E-state index in [0.717, 1.165) is 19.4 Å². The van der Waals surface area contributed by atoms with Gasteiger partial charge in [0.1, 0.15) is 5.82 Å². The normalized spacial score (nSPS) is 19.0. The Morgan fingerprint density at radius 3 is 2.73 bits per heavy atom. The summed E-state index contributed by atoms with van der Waals surface area (Å²) in [6.45, 7) is 1.43. The predicted molar refractivity (Wildman–Crippen MR) is 114 cm³/mol. The lowest BCUT2D eigenvalue weighted by molar-refractivity contribution is 0.270. The van der Waals surface area contributed by atoms with Crippen LogP contribution in [-0.2, 0) is 13.1 Å². The van der Waals surface area contributed by atoms with E-state index >= 15 is 0 Å². The molecule has 2 fully saturated rings. The number of fused-ring (bicyclic) bond motifs is 1. The molecule has 3 heterocycles. The maximum absolute atomic E-state index is 13.1. The first-order chi connectivity index (χ1) is 14.7. The molecule has 30 heavy (non-hydrogen) atoms. The third-order valence-electron chi connectivity index (χ3n) is 6.09. The molecule has 1 N–H and O–H groups in total. The van der Waals surface area contributed by atoms with Gasteiger partial charge in [-0.25, -0.2) is 9.97 Å². The molecule has 1 saturated carbocycles. The number of aliphatic hydroxyl groups is 1. The molecule has 1 unspecified atom stereocenters. The second-order valence-corrected chi connectivity index (χ2v) is 8.17. The van der Waals surface area contributed by atoms with Crippen molar-refractivity contribution in [3.05, 3.63) is 63.2 Å². The number of benzene rings is 1. The van der Waals surface area contributed by atoms with Crippen molar-refractivity contribution in [1.29, 1.82) is 0 Å². The van der Waals surface area contributed by atoms with Crippen molar-refractivity contribution in [3.8, 4) is 0 Å². The molecule has 3 aromatic rings. The minimum atomic E-state index is -0.231. The lowest BCUT2D eigenvalue weighted by Crippen LogP contribution is -2.37. The first kappa shape index (κ1) is 19.0. The van der Waals surface area contributed by atoms with E-state index < -0.39 is 0 Å². The van der Waals surface area contributed by atoms with Gasteiger partial charge in [-0.3, -0.25) is 14.2 Å². The molecule has 2 aliphatic rings. The Balaban J connectivity index is 1.60. The molecule has 2 aromatic heterocycles. The van der Waals surface area contributed by atoms with Gasteiger partial charge in [0, 0.05) is 25.5 Å². The molecule has 0 bridgehead atoms. The molecule has 0 radical (unpaired) electrons. The molecule has 8 nitrogen and oxygen atoms in total. The first-order valence-corrected chi connectivity index (χ1v) is 10.6. The highest BCUT2D eigenvalue weighted by Crippen LogP contribution is 2.34. The Labute approximate surface area is 173 Å². The van der Waals surface area contributed by atoms with E-state index in [4.69, 9.17) is 4.98 Å². The summed E-state index contributed by atoms with van der Waals surface area (Å²) in [5.41, 5.74) is 0.377. The Kier molecular flexibility index (Phi) is 4.86. The predicted octanol–water partition coefficient (Wildman–Crippen LogP) is 1.70. The summed E-state index contributed by atoms with van der Waals surface area (Å²) in [6, 6.07) is 7.02. The summed E-state index contributed by atoms with van der Waals surface area (Å²) in [4.78, 5) is 37.4. The van der Waals surface area contributed by atoms with Gasteiger partial charge in [0.25, 0.3) is 11.1 Å². The van der Waals surface area contributed by atoms with Gasteiger partial charge in [0.15, 0.2) is 5.82 Å². The summed E-state index contributed by atoms with van der Waals surface area (Å²) in [5.74, 6) is 1.59. The lowest BCUT2D eigenvalue weighted by atomic mass is 10.1. The topological polar surface area (TPSA) is 93.2 Å². The molecule has 0 spiro atoms. The Morgan fingerprint density at radius 2 is 1.93 bits per heavy atom. The summed E-state index contributed by atoms with van der Waals surface area (Å²) in [5, 5.41) is 10.1. The van der Waals surface area contributed by atoms with Gasteiger partial charge in [0.05, 0.1) is 30.1 Å². The number of nitrogens with zero attached hydrogens (tertiary/aromatic N) is 5. The van der Waals surface area contributed by atoms with E-state index in [2.05, 4.69) is 4.98 Å². The highest BCUT2D eigenvalue weighted by molar-refractivity contribution is 5.77. The maximum Gasteiger partial charge on any atom is 0.293 e. The average molecular weight is 407 g/mol. The van der Waals surface area contributed by atoms with E-state index in [1.54, 1.807) is 27.6 Å². The van der Waals surface area contributed by atoms with E-state index in [9.17, 15) is 14.7 Å². The zero-order valence-corrected chi connectivity index (χ0v) is 16.8. The van der Waals surface area contributed by atoms with Crippen molar-refractivity contribution in [2.75, 3.05) is 18.1 Å². The molecule has 1 atom stereocenters. The lowest BCUT2D eigenvalue weighted by Gasteiger charge is -2.27. The molecule has 156 valence electrons. The quantitative estimate of drug-likeness (QED) is 0.669. The standard InChI is InChI=1S/C22H25N5O3/c28-13-12-27-19(24-17-5-2-1-4-16(17)21(27)29)18-6-3-10-26(18)20-22(30)25(11-9-23-20)14-15-7-8-15/h1-2,4-5,9,11,15,18,28H,3,6-8,10,12-14H2. The minimum absolute atomic E-state index is 0.0897. The Hall–Kier alpha value is -3.00. The molecule has 0 amide bonds. The number of rotatable bonds is 6. The summed E-state index contributed by atoms with van der Waals surface area (Å²) in [7, 11) is 0.